The Kier molecular flexibility index (Phi) is 8.58. The van der Waals surface area contributed by atoms with Crippen molar-refractivity contribution in [2.24, 2.45) is 0 Å². The van der Waals surface area contributed by atoms with Gasteiger partial charge in [0.1, 0.15) is 5.52 Å². The second kappa shape index (κ2) is 12.4. The van der Waals surface area contributed by atoms with Gasteiger partial charge in [0.25, 0.3) is 0 Å². The Morgan fingerprint density at radius 1 is 1.08 bits per heavy atom. The van der Waals surface area contributed by atoms with Gasteiger partial charge in [0.05, 0.1) is 24.6 Å². The molecule has 0 atom stereocenters. The van der Waals surface area contributed by atoms with Gasteiger partial charge in [-0.1, -0.05) is 23.8 Å². The number of Topliss-reactive ketones (excluding diaryl/α,β-unsaturated/α-hetero) is 1. The fourth-order valence-corrected chi connectivity index (χ4v) is 4.74. The van der Waals surface area contributed by atoms with Crippen LogP contribution < -0.4 is 10.2 Å². The van der Waals surface area contributed by atoms with Gasteiger partial charge >= 0.3 is 0 Å². The number of morpholine rings is 1. The van der Waals surface area contributed by atoms with Gasteiger partial charge in [-0.3, -0.25) is 9.59 Å². The standard InChI is InChI=1S/C29H32ClN5O4/c1-20-5-2-6-21(17-20)22-9-12-35(33-22)27-19-24(34-13-15-38-16-14-34)29-23(32-27)18-26(39-29)25(36)7-4-11-31-28(37)8-3-10-30/h2,5-6,9,12,17-19H,3-4,7-8,10-11,13-16H2,1H3,(H,31,37). The number of benzene rings is 1. The zero-order chi connectivity index (χ0) is 27.2. The molecule has 1 saturated heterocycles. The Hall–Kier alpha value is -3.69. The predicted octanol–water partition coefficient (Wildman–Crippen LogP) is 4.92. The first-order valence-corrected chi connectivity index (χ1v) is 13.8. The lowest BCUT2D eigenvalue weighted by atomic mass is 10.1. The van der Waals surface area contributed by atoms with Gasteiger partial charge in [0.2, 0.25) is 5.91 Å². The summed E-state index contributed by atoms with van der Waals surface area (Å²) in [5, 5.41) is 7.61. The molecule has 5 rings (SSSR count). The van der Waals surface area contributed by atoms with E-state index in [1.54, 1.807) is 10.7 Å². The first kappa shape index (κ1) is 26.9. The summed E-state index contributed by atoms with van der Waals surface area (Å²) in [6.07, 6.45) is 3.70. The average molecular weight is 550 g/mol. The van der Waals surface area contributed by atoms with Crippen molar-refractivity contribution >= 4 is 40.1 Å². The highest BCUT2D eigenvalue weighted by Gasteiger charge is 2.22. The van der Waals surface area contributed by atoms with E-state index in [9.17, 15) is 9.59 Å². The number of pyridine rings is 1. The number of aryl methyl sites for hydroxylation is 1. The van der Waals surface area contributed by atoms with Crippen LogP contribution in [0.25, 0.3) is 28.2 Å². The van der Waals surface area contributed by atoms with Crippen molar-refractivity contribution < 1.29 is 18.7 Å². The van der Waals surface area contributed by atoms with E-state index in [0.717, 1.165) is 16.9 Å². The molecule has 0 bridgehead atoms. The summed E-state index contributed by atoms with van der Waals surface area (Å²) in [5.41, 5.74) is 5.08. The maximum Gasteiger partial charge on any atom is 0.220 e. The molecule has 4 heterocycles. The molecule has 1 fully saturated rings. The summed E-state index contributed by atoms with van der Waals surface area (Å²) >= 11 is 5.63. The number of aromatic nitrogens is 3. The zero-order valence-electron chi connectivity index (χ0n) is 22.0. The molecule has 10 heteroatoms. The highest BCUT2D eigenvalue weighted by Crippen LogP contribution is 2.32. The third-order valence-corrected chi connectivity index (χ3v) is 6.92. The van der Waals surface area contributed by atoms with E-state index in [1.807, 2.05) is 30.5 Å². The average Bonchev–Trinajstić information content (AvgIpc) is 3.62. The van der Waals surface area contributed by atoms with Crippen molar-refractivity contribution in [2.45, 2.75) is 32.6 Å². The molecule has 0 spiro atoms. The van der Waals surface area contributed by atoms with E-state index < -0.39 is 0 Å². The third-order valence-electron chi connectivity index (χ3n) is 6.65. The van der Waals surface area contributed by atoms with Crippen LogP contribution in [0.2, 0.25) is 0 Å². The summed E-state index contributed by atoms with van der Waals surface area (Å²) in [4.78, 5) is 31.7. The second-order valence-electron chi connectivity index (χ2n) is 9.61. The van der Waals surface area contributed by atoms with Crippen molar-refractivity contribution in [2.75, 3.05) is 43.6 Å². The second-order valence-corrected chi connectivity index (χ2v) is 9.99. The molecular formula is C29H32ClN5O4. The van der Waals surface area contributed by atoms with Gasteiger partial charge in [-0.25, -0.2) is 9.67 Å². The number of ether oxygens (including phenoxy) is 1. The van der Waals surface area contributed by atoms with Crippen LogP contribution in [0.5, 0.6) is 0 Å². The first-order chi connectivity index (χ1) is 19.0. The number of nitrogens with zero attached hydrogens (tertiary/aromatic N) is 4. The maximum absolute atomic E-state index is 13.0. The normalized spacial score (nSPS) is 13.6. The highest BCUT2D eigenvalue weighted by atomic mass is 35.5. The van der Waals surface area contributed by atoms with Crippen LogP contribution in [0, 0.1) is 6.92 Å². The number of carbonyl (C=O) groups is 2. The minimum Gasteiger partial charge on any atom is -0.449 e. The molecule has 1 aliphatic rings. The van der Waals surface area contributed by atoms with E-state index >= 15 is 0 Å². The molecule has 1 aliphatic heterocycles. The van der Waals surface area contributed by atoms with E-state index in [-0.39, 0.29) is 23.9 Å². The number of furan rings is 1. The van der Waals surface area contributed by atoms with E-state index in [2.05, 4.69) is 29.3 Å². The number of nitrogens with one attached hydrogen (secondary N) is 1. The number of hydrogen-bond donors (Lipinski definition) is 1. The summed E-state index contributed by atoms with van der Waals surface area (Å²) in [7, 11) is 0. The Morgan fingerprint density at radius 3 is 2.72 bits per heavy atom. The summed E-state index contributed by atoms with van der Waals surface area (Å²) in [6, 6.07) is 13.8. The number of carbonyl (C=O) groups excluding carboxylic acids is 2. The molecule has 4 aromatic rings. The van der Waals surface area contributed by atoms with Gasteiger partial charge < -0.3 is 19.4 Å². The topological polar surface area (TPSA) is 102 Å². The molecule has 1 aromatic carbocycles. The Labute approximate surface area is 232 Å². The lowest BCUT2D eigenvalue weighted by Gasteiger charge is -2.28. The minimum atomic E-state index is -0.127. The van der Waals surface area contributed by atoms with Crippen LogP contribution in [0.4, 0.5) is 5.69 Å². The number of rotatable bonds is 11. The molecular weight excluding hydrogens is 518 g/mol. The molecule has 3 aromatic heterocycles. The molecule has 0 unspecified atom stereocenters. The number of alkyl halides is 1. The van der Waals surface area contributed by atoms with Gasteiger partial charge in [0, 0.05) is 62.2 Å². The molecule has 9 nitrogen and oxygen atoms in total. The molecule has 1 amide bonds. The van der Waals surface area contributed by atoms with Crippen LogP contribution in [-0.2, 0) is 9.53 Å². The number of fused-ring (bicyclic) bond motifs is 1. The third kappa shape index (κ3) is 6.49. The number of amides is 1. The monoisotopic (exact) mass is 549 g/mol. The van der Waals surface area contributed by atoms with Crippen LogP contribution >= 0.6 is 11.6 Å². The Morgan fingerprint density at radius 2 is 1.92 bits per heavy atom. The summed E-state index contributed by atoms with van der Waals surface area (Å²) < 4.78 is 13.4. The number of ketones is 1. The number of hydrogen-bond acceptors (Lipinski definition) is 7. The summed E-state index contributed by atoms with van der Waals surface area (Å²) in [5.74, 6) is 1.18. The first-order valence-electron chi connectivity index (χ1n) is 13.3. The van der Waals surface area contributed by atoms with Crippen LogP contribution in [-0.4, -0.2) is 65.2 Å². The van der Waals surface area contributed by atoms with Gasteiger partial charge in [-0.15, -0.1) is 11.6 Å². The van der Waals surface area contributed by atoms with Crippen molar-refractivity contribution in [3.05, 3.63) is 60.0 Å². The van der Waals surface area contributed by atoms with Crippen molar-refractivity contribution in [1.82, 2.24) is 20.1 Å². The molecule has 0 saturated carbocycles. The van der Waals surface area contributed by atoms with Crippen molar-refractivity contribution in [1.29, 1.82) is 0 Å². The van der Waals surface area contributed by atoms with Gasteiger partial charge in [-0.05, 0) is 31.9 Å². The quantitative estimate of drug-likeness (QED) is 0.161. The highest BCUT2D eigenvalue weighted by molar-refractivity contribution is 6.17. The fourth-order valence-electron chi connectivity index (χ4n) is 4.61. The molecule has 39 heavy (non-hydrogen) atoms. The molecule has 204 valence electrons. The zero-order valence-corrected chi connectivity index (χ0v) is 22.7. The number of halogens is 1. The lowest BCUT2D eigenvalue weighted by Crippen LogP contribution is -2.36. The number of anilines is 1. The molecule has 0 radical (unpaired) electrons. The van der Waals surface area contributed by atoms with Crippen molar-refractivity contribution in [3.8, 4) is 17.1 Å². The van der Waals surface area contributed by atoms with Crippen LogP contribution in [0.15, 0.2) is 53.1 Å². The van der Waals surface area contributed by atoms with Gasteiger partial charge in [-0.2, -0.15) is 5.10 Å². The molecule has 0 aliphatic carbocycles. The predicted molar refractivity (Wildman–Crippen MR) is 151 cm³/mol. The maximum atomic E-state index is 13.0. The van der Waals surface area contributed by atoms with Crippen molar-refractivity contribution in [3.63, 3.8) is 0 Å². The van der Waals surface area contributed by atoms with E-state index in [0.29, 0.717) is 74.9 Å². The minimum absolute atomic E-state index is 0.0529. The lowest BCUT2D eigenvalue weighted by molar-refractivity contribution is -0.121. The SMILES string of the molecule is Cc1cccc(-c2ccn(-c3cc(N4CCOCC4)c4oc(C(=O)CCCNC(=O)CCCCl)cc4n3)n2)c1. The molecule has 1 N–H and O–H groups in total. The largest absolute Gasteiger partial charge is 0.449 e. The van der Waals surface area contributed by atoms with E-state index in [1.165, 1.54) is 5.56 Å². The van der Waals surface area contributed by atoms with E-state index in [4.69, 9.17) is 30.8 Å². The smallest absolute Gasteiger partial charge is 0.220 e. The van der Waals surface area contributed by atoms with Gasteiger partial charge in [0.15, 0.2) is 22.9 Å². The fraction of sp³-hybridized carbons (Fsp3) is 0.379. The van der Waals surface area contributed by atoms with Crippen LogP contribution in [0.3, 0.4) is 0 Å². The Bertz CT molecular complexity index is 1460. The van der Waals surface area contributed by atoms with Crippen LogP contribution in [0.1, 0.15) is 41.8 Å². The summed E-state index contributed by atoms with van der Waals surface area (Å²) in [6.45, 7) is 5.13. The Balaban J connectivity index is 1.39.